The van der Waals surface area contributed by atoms with E-state index < -0.39 is 0 Å². The molecule has 0 saturated carbocycles. The Morgan fingerprint density at radius 3 is 0.854 bits per heavy atom. The fraction of sp³-hybridized carbons (Fsp3) is 0.700. The third kappa shape index (κ3) is 11.7. The first-order valence-electron chi connectivity index (χ1n) is 18.2. The molecule has 0 atom stereocenters. The molecule has 0 radical (unpaired) electrons. The van der Waals surface area contributed by atoms with Gasteiger partial charge in [-0.1, -0.05) is 65.8 Å². The van der Waals surface area contributed by atoms with Gasteiger partial charge < -0.3 is 29.4 Å². The fourth-order valence-corrected chi connectivity index (χ4v) is 8.88. The van der Waals surface area contributed by atoms with Gasteiger partial charge in [0.1, 0.15) is 0 Å². The van der Waals surface area contributed by atoms with E-state index in [4.69, 9.17) is 0 Å². The average Bonchev–Trinajstić information content (AvgIpc) is 2.99. The largest absolute Gasteiger partial charge is 0.304 e. The van der Waals surface area contributed by atoms with Crippen molar-refractivity contribution in [1.82, 2.24) is 29.4 Å². The van der Waals surface area contributed by atoms with Crippen molar-refractivity contribution in [2.45, 2.75) is 88.3 Å². The zero-order valence-corrected chi connectivity index (χ0v) is 34.3. The third-order valence-electron chi connectivity index (χ3n) is 10.0. The number of thioether (sulfide) groups is 2. The summed E-state index contributed by atoms with van der Waals surface area (Å²) in [7, 11) is 13.8. The van der Waals surface area contributed by atoms with Crippen LogP contribution in [0.15, 0.2) is 34.1 Å². The topological polar surface area (TPSA) is 19.4 Å². The molecular formula is C40H68N6S2. The van der Waals surface area contributed by atoms with Gasteiger partial charge in [0, 0.05) is 99.8 Å². The van der Waals surface area contributed by atoms with Crippen molar-refractivity contribution in [2.24, 2.45) is 0 Å². The molecule has 2 aliphatic rings. The highest BCUT2D eigenvalue weighted by Gasteiger charge is 2.24. The van der Waals surface area contributed by atoms with Crippen molar-refractivity contribution >= 4 is 23.5 Å². The molecule has 0 aliphatic carbocycles. The first kappa shape index (κ1) is 39.7. The van der Waals surface area contributed by atoms with E-state index in [1.807, 2.05) is 0 Å². The summed E-state index contributed by atoms with van der Waals surface area (Å²) >= 11 is 4.20. The van der Waals surface area contributed by atoms with Gasteiger partial charge >= 0.3 is 0 Å². The highest BCUT2D eigenvalue weighted by Crippen LogP contribution is 2.38. The van der Waals surface area contributed by atoms with Crippen molar-refractivity contribution in [3.63, 3.8) is 0 Å². The quantitative estimate of drug-likeness (QED) is 0.297. The highest BCUT2D eigenvalue weighted by molar-refractivity contribution is 8.03. The summed E-state index contributed by atoms with van der Waals surface area (Å²) in [5, 5.41) is 0. The van der Waals surface area contributed by atoms with Crippen LogP contribution in [0.1, 0.15) is 74.9 Å². The monoisotopic (exact) mass is 696 g/mol. The number of benzene rings is 2. The zero-order chi connectivity index (χ0) is 35.2. The van der Waals surface area contributed by atoms with Crippen molar-refractivity contribution < 1.29 is 0 Å². The molecule has 0 aromatic heterocycles. The lowest BCUT2D eigenvalue weighted by Gasteiger charge is -2.29. The molecule has 0 amide bonds. The number of nitrogens with zero attached hydrogens (tertiary/aromatic N) is 6. The van der Waals surface area contributed by atoms with Crippen LogP contribution in [0.2, 0.25) is 0 Å². The number of rotatable bonds is 0. The molecule has 6 nitrogen and oxygen atoms in total. The molecule has 2 aliphatic heterocycles. The van der Waals surface area contributed by atoms with E-state index in [0.717, 1.165) is 90.0 Å². The maximum Gasteiger partial charge on any atom is 0.0242 e. The molecule has 0 saturated heterocycles. The predicted molar refractivity (Wildman–Crippen MR) is 212 cm³/mol. The van der Waals surface area contributed by atoms with E-state index in [2.05, 4.69) is 161 Å². The van der Waals surface area contributed by atoms with Crippen LogP contribution in [0.3, 0.4) is 0 Å². The Balaban J connectivity index is 1.84. The van der Waals surface area contributed by atoms with Gasteiger partial charge in [0.2, 0.25) is 0 Å². The highest BCUT2D eigenvalue weighted by atomic mass is 32.2. The van der Waals surface area contributed by atoms with Crippen molar-refractivity contribution in [1.29, 1.82) is 0 Å². The van der Waals surface area contributed by atoms with Crippen LogP contribution in [-0.2, 0) is 37.0 Å². The molecule has 2 heterocycles. The van der Waals surface area contributed by atoms with E-state index in [9.17, 15) is 0 Å². The van der Waals surface area contributed by atoms with Gasteiger partial charge in [-0.05, 0) is 86.5 Å². The first-order valence-corrected chi connectivity index (χ1v) is 20.2. The second kappa shape index (κ2) is 17.4. The van der Waals surface area contributed by atoms with Crippen LogP contribution in [0.5, 0.6) is 0 Å². The minimum Gasteiger partial charge on any atom is -0.304 e. The Morgan fingerprint density at radius 1 is 0.396 bits per heavy atom. The Hall–Kier alpha value is -1.10. The second-order valence-corrected chi connectivity index (χ2v) is 19.2. The molecule has 2 aromatic rings. The van der Waals surface area contributed by atoms with Crippen LogP contribution in [0, 0.1) is 0 Å². The molecule has 48 heavy (non-hydrogen) atoms. The minimum atomic E-state index is 0.106. The van der Waals surface area contributed by atoms with Crippen LogP contribution in [-0.4, -0.2) is 136 Å². The molecule has 8 heteroatoms. The predicted octanol–water partition coefficient (Wildman–Crippen LogP) is 6.78. The Bertz CT molecular complexity index is 1160. The number of hydrogen-bond donors (Lipinski definition) is 0. The Kier molecular flexibility index (Phi) is 14.4. The maximum absolute atomic E-state index is 2.55. The zero-order valence-electron chi connectivity index (χ0n) is 32.7. The average molecular weight is 697 g/mol. The lowest BCUT2D eigenvalue weighted by atomic mass is 9.85. The lowest BCUT2D eigenvalue weighted by Crippen LogP contribution is -2.36. The standard InChI is InChI=1S/C40H68N6S2/c1-39(2,3)35-23-31-27-43(9)17-13-41(7)15-19-45(11)29-33-25-36(40(4,5)6)26-34-30-46(12)20-16-42(8)14-18-44(10)28-32(24-35)37(31)47-21-22-48-38(33)34/h23-26H,13-22,27-30H2,1-12H3. The van der Waals surface area contributed by atoms with Gasteiger partial charge in [0.05, 0.1) is 0 Å². The Labute approximate surface area is 304 Å². The maximum atomic E-state index is 2.55. The summed E-state index contributed by atoms with van der Waals surface area (Å²) in [5.41, 5.74) is 9.13. The molecule has 270 valence electrons. The molecule has 0 spiro atoms. The molecular weight excluding hydrogens is 629 g/mol. The number of hydrogen-bond acceptors (Lipinski definition) is 8. The molecule has 2 aromatic carbocycles. The summed E-state index contributed by atoms with van der Waals surface area (Å²) in [6, 6.07) is 10.2. The van der Waals surface area contributed by atoms with Gasteiger partial charge in [-0.3, -0.25) is 0 Å². The van der Waals surface area contributed by atoms with Crippen molar-refractivity contribution in [2.75, 3.05) is 106 Å². The van der Waals surface area contributed by atoms with Gasteiger partial charge in [0.25, 0.3) is 0 Å². The van der Waals surface area contributed by atoms with E-state index >= 15 is 0 Å². The summed E-state index contributed by atoms with van der Waals surface area (Å²) in [6.07, 6.45) is 0. The summed E-state index contributed by atoms with van der Waals surface area (Å²) in [5.74, 6) is 2.20. The third-order valence-corrected chi connectivity index (χ3v) is 12.7. The van der Waals surface area contributed by atoms with Gasteiger partial charge in [-0.25, -0.2) is 0 Å². The molecule has 4 rings (SSSR count). The molecule has 0 fully saturated rings. The number of likely N-dealkylation sites (N-methyl/N-ethyl adjacent to an activating group) is 6. The first-order chi connectivity index (χ1) is 22.5. The van der Waals surface area contributed by atoms with Gasteiger partial charge in [-0.2, -0.15) is 0 Å². The smallest absolute Gasteiger partial charge is 0.0242 e. The summed E-state index contributed by atoms with van der Waals surface area (Å²) in [6.45, 7) is 26.7. The van der Waals surface area contributed by atoms with E-state index in [0.29, 0.717) is 0 Å². The van der Waals surface area contributed by atoms with E-state index in [-0.39, 0.29) is 10.8 Å². The van der Waals surface area contributed by atoms with Crippen LogP contribution in [0.4, 0.5) is 0 Å². The molecule has 0 N–H and O–H groups in total. The van der Waals surface area contributed by atoms with Crippen LogP contribution in [0.25, 0.3) is 0 Å². The van der Waals surface area contributed by atoms with Crippen LogP contribution >= 0.6 is 23.5 Å². The minimum absolute atomic E-state index is 0.106. The normalized spacial score (nSPS) is 21.2. The van der Waals surface area contributed by atoms with Gasteiger partial charge in [0.15, 0.2) is 0 Å². The van der Waals surface area contributed by atoms with E-state index in [1.54, 1.807) is 0 Å². The SMILES string of the molecule is CN1CCN(C)Cc2cc(C(C)(C)C)cc3c2SCCSc2c(cc(C(C)(C)C)cc2CN(C)CCN(C)CCN(C)C3)CN(C)CC1. The van der Waals surface area contributed by atoms with Crippen molar-refractivity contribution in [3.8, 4) is 0 Å². The van der Waals surface area contributed by atoms with Crippen molar-refractivity contribution in [3.05, 3.63) is 57.6 Å². The van der Waals surface area contributed by atoms with Gasteiger partial charge in [-0.15, -0.1) is 23.5 Å². The molecule has 0 unspecified atom stereocenters. The van der Waals surface area contributed by atoms with Crippen LogP contribution < -0.4 is 0 Å². The summed E-state index contributed by atoms with van der Waals surface area (Å²) in [4.78, 5) is 18.2. The van der Waals surface area contributed by atoms with E-state index in [1.165, 1.54) is 43.2 Å². The fourth-order valence-electron chi connectivity index (χ4n) is 6.57. The Morgan fingerprint density at radius 2 is 0.625 bits per heavy atom. The second-order valence-electron chi connectivity index (χ2n) is 17.0. The summed E-state index contributed by atoms with van der Waals surface area (Å²) < 4.78 is 0. The number of fused-ring (bicyclic) bond motifs is 3. The lowest BCUT2D eigenvalue weighted by molar-refractivity contribution is 0.216. The molecule has 2 bridgehead atoms.